The molecule has 0 radical (unpaired) electrons. The first-order valence-corrected chi connectivity index (χ1v) is 11.8. The van der Waals surface area contributed by atoms with Gasteiger partial charge in [0, 0.05) is 24.9 Å². The lowest BCUT2D eigenvalue weighted by atomic mass is 9.87. The molecule has 1 N–H and O–H groups in total. The van der Waals surface area contributed by atoms with Crippen molar-refractivity contribution in [3.8, 4) is 0 Å². The summed E-state index contributed by atoms with van der Waals surface area (Å²) in [5, 5.41) is 6.18. The molecule has 3 aliphatic heterocycles. The fourth-order valence-electron chi connectivity index (χ4n) is 5.05. The van der Waals surface area contributed by atoms with Crippen LogP contribution in [0.1, 0.15) is 30.7 Å². The van der Waals surface area contributed by atoms with E-state index in [1.807, 2.05) is 16.7 Å². The van der Waals surface area contributed by atoms with Gasteiger partial charge >= 0.3 is 0 Å². The Morgan fingerprint density at radius 1 is 1.00 bits per heavy atom. The summed E-state index contributed by atoms with van der Waals surface area (Å²) in [6, 6.07) is 16.2. The van der Waals surface area contributed by atoms with Crippen LogP contribution in [0, 0.1) is 0 Å². The van der Waals surface area contributed by atoms with Crippen LogP contribution >= 0.6 is 36.6 Å². The molecule has 2 aromatic carbocycles. The SMILES string of the molecule is Cl.Cl.O=C([C@@H]1C[C@H](N2CCC(c3ccc4ccccc4c3)CC2)CN1)N1CCSC1. The summed E-state index contributed by atoms with van der Waals surface area (Å²) in [5.74, 6) is 2.94. The largest absolute Gasteiger partial charge is 0.331 e. The molecule has 3 heterocycles. The number of hydrogen-bond acceptors (Lipinski definition) is 4. The molecule has 0 aromatic heterocycles. The van der Waals surface area contributed by atoms with E-state index in [0.29, 0.717) is 17.9 Å². The van der Waals surface area contributed by atoms with Crippen LogP contribution in [0.25, 0.3) is 10.8 Å². The number of piperidine rings is 1. The molecule has 5 rings (SSSR count). The molecule has 3 aliphatic rings. The molecule has 0 unspecified atom stereocenters. The molecule has 30 heavy (non-hydrogen) atoms. The molecule has 3 fully saturated rings. The Hall–Kier alpha value is -0.980. The van der Waals surface area contributed by atoms with Crippen molar-refractivity contribution in [2.75, 3.05) is 37.8 Å². The van der Waals surface area contributed by atoms with Gasteiger partial charge in [0.15, 0.2) is 0 Å². The second kappa shape index (κ2) is 10.6. The highest BCUT2D eigenvalue weighted by Gasteiger charge is 2.36. The van der Waals surface area contributed by atoms with E-state index in [1.165, 1.54) is 29.2 Å². The molecular weight excluding hydrogens is 437 g/mol. The number of benzene rings is 2. The van der Waals surface area contributed by atoms with Crippen molar-refractivity contribution in [3.05, 3.63) is 48.0 Å². The van der Waals surface area contributed by atoms with Gasteiger partial charge in [-0.2, -0.15) is 0 Å². The molecule has 4 nitrogen and oxygen atoms in total. The van der Waals surface area contributed by atoms with Gasteiger partial charge in [-0.05, 0) is 54.6 Å². The number of nitrogens with zero attached hydrogens (tertiary/aromatic N) is 2. The molecule has 2 atom stereocenters. The standard InChI is InChI=1S/C23H29N3OS.2ClH/c27-23(26-11-12-28-16-26)22-14-21(15-24-22)25-9-7-18(8-10-25)20-6-5-17-3-1-2-4-19(17)13-20;;/h1-6,13,18,21-22,24H,7-12,14-16H2;2*1H/t21-,22-;;/m0../s1. The number of carbonyl (C=O) groups excluding carboxylic acids is 1. The van der Waals surface area contributed by atoms with Crippen LogP contribution < -0.4 is 5.32 Å². The molecule has 164 valence electrons. The second-order valence-electron chi connectivity index (χ2n) is 8.41. The maximum absolute atomic E-state index is 12.7. The molecular formula is C23H31Cl2N3OS. The van der Waals surface area contributed by atoms with Crippen molar-refractivity contribution in [2.24, 2.45) is 0 Å². The summed E-state index contributed by atoms with van der Waals surface area (Å²) < 4.78 is 0. The van der Waals surface area contributed by atoms with Gasteiger partial charge in [0.2, 0.25) is 5.91 Å². The summed E-state index contributed by atoms with van der Waals surface area (Å²) in [6.45, 7) is 4.16. The van der Waals surface area contributed by atoms with Crippen LogP contribution in [0.15, 0.2) is 42.5 Å². The van der Waals surface area contributed by atoms with Crippen molar-refractivity contribution < 1.29 is 4.79 Å². The van der Waals surface area contributed by atoms with Crippen LogP contribution in [0.3, 0.4) is 0 Å². The zero-order valence-electron chi connectivity index (χ0n) is 17.2. The number of hydrogen-bond donors (Lipinski definition) is 1. The lowest BCUT2D eigenvalue weighted by Crippen LogP contribution is -2.42. The van der Waals surface area contributed by atoms with E-state index in [4.69, 9.17) is 0 Å². The van der Waals surface area contributed by atoms with Crippen molar-refractivity contribution in [1.29, 1.82) is 0 Å². The molecule has 1 amide bonds. The molecule has 0 aliphatic carbocycles. The Morgan fingerprint density at radius 2 is 1.77 bits per heavy atom. The molecule has 7 heteroatoms. The van der Waals surface area contributed by atoms with Gasteiger partial charge in [-0.1, -0.05) is 42.5 Å². The fourth-order valence-corrected chi connectivity index (χ4v) is 6.01. The first kappa shape index (κ1) is 23.7. The minimum Gasteiger partial charge on any atom is -0.331 e. The van der Waals surface area contributed by atoms with E-state index in [9.17, 15) is 4.79 Å². The predicted octanol–water partition coefficient (Wildman–Crippen LogP) is 4.13. The summed E-state index contributed by atoms with van der Waals surface area (Å²) >= 11 is 1.86. The normalized spacial score (nSPS) is 25.1. The van der Waals surface area contributed by atoms with E-state index >= 15 is 0 Å². The number of carbonyl (C=O) groups is 1. The van der Waals surface area contributed by atoms with Crippen molar-refractivity contribution in [2.45, 2.75) is 37.3 Å². The smallest absolute Gasteiger partial charge is 0.240 e. The number of thioether (sulfide) groups is 1. The average molecular weight is 468 g/mol. The second-order valence-corrected chi connectivity index (χ2v) is 9.48. The lowest BCUT2D eigenvalue weighted by molar-refractivity contribution is -0.131. The Labute approximate surface area is 196 Å². The number of fused-ring (bicyclic) bond motifs is 1. The zero-order valence-corrected chi connectivity index (χ0v) is 19.6. The summed E-state index contributed by atoms with van der Waals surface area (Å²) in [5.41, 5.74) is 1.49. The molecule has 2 aromatic rings. The summed E-state index contributed by atoms with van der Waals surface area (Å²) in [6.07, 6.45) is 3.41. The number of nitrogens with one attached hydrogen (secondary N) is 1. The van der Waals surface area contributed by atoms with E-state index in [2.05, 4.69) is 52.7 Å². The monoisotopic (exact) mass is 467 g/mol. The topological polar surface area (TPSA) is 35.6 Å². The van der Waals surface area contributed by atoms with Crippen LogP contribution in [0.2, 0.25) is 0 Å². The van der Waals surface area contributed by atoms with E-state index in [-0.39, 0.29) is 30.9 Å². The van der Waals surface area contributed by atoms with Crippen LogP contribution in [-0.4, -0.2) is 65.6 Å². The predicted molar refractivity (Wildman–Crippen MR) is 131 cm³/mol. The molecule has 0 spiro atoms. The quantitative estimate of drug-likeness (QED) is 0.735. The van der Waals surface area contributed by atoms with Crippen molar-refractivity contribution in [1.82, 2.24) is 15.1 Å². The van der Waals surface area contributed by atoms with Crippen LogP contribution in [-0.2, 0) is 4.79 Å². The average Bonchev–Trinajstić information content (AvgIpc) is 3.45. The first-order chi connectivity index (χ1) is 13.8. The molecule has 0 bridgehead atoms. The number of likely N-dealkylation sites (tertiary alicyclic amines) is 1. The maximum atomic E-state index is 12.7. The summed E-state index contributed by atoms with van der Waals surface area (Å²) in [7, 11) is 0. The van der Waals surface area contributed by atoms with E-state index < -0.39 is 0 Å². The van der Waals surface area contributed by atoms with Crippen molar-refractivity contribution in [3.63, 3.8) is 0 Å². The highest BCUT2D eigenvalue weighted by atomic mass is 35.5. The minimum atomic E-state index is 0. The third-order valence-corrected chi connectivity index (χ3v) is 7.73. The van der Waals surface area contributed by atoms with E-state index in [0.717, 1.165) is 44.2 Å². The fraction of sp³-hybridized carbons (Fsp3) is 0.522. The van der Waals surface area contributed by atoms with Crippen molar-refractivity contribution >= 4 is 53.3 Å². The molecule has 0 saturated carbocycles. The number of halogens is 2. The van der Waals surface area contributed by atoms with Gasteiger partial charge in [-0.15, -0.1) is 36.6 Å². The summed E-state index contributed by atoms with van der Waals surface area (Å²) in [4.78, 5) is 17.3. The van der Waals surface area contributed by atoms with E-state index in [1.54, 1.807) is 0 Å². The number of amides is 1. The first-order valence-electron chi connectivity index (χ1n) is 10.6. The van der Waals surface area contributed by atoms with Crippen LogP contribution in [0.4, 0.5) is 0 Å². The van der Waals surface area contributed by atoms with Gasteiger partial charge in [-0.3, -0.25) is 9.69 Å². The maximum Gasteiger partial charge on any atom is 0.240 e. The zero-order chi connectivity index (χ0) is 18.9. The lowest BCUT2D eigenvalue weighted by Gasteiger charge is -2.36. The van der Waals surface area contributed by atoms with Gasteiger partial charge in [0.25, 0.3) is 0 Å². The third-order valence-electron chi connectivity index (χ3n) is 6.76. The minimum absolute atomic E-state index is 0. The van der Waals surface area contributed by atoms with Crippen LogP contribution in [0.5, 0.6) is 0 Å². The molecule has 3 saturated heterocycles. The van der Waals surface area contributed by atoms with Gasteiger partial charge < -0.3 is 10.2 Å². The number of rotatable bonds is 3. The highest BCUT2D eigenvalue weighted by Crippen LogP contribution is 2.32. The Balaban J connectivity index is 0.00000128. The van der Waals surface area contributed by atoms with Gasteiger partial charge in [0.05, 0.1) is 11.9 Å². The third kappa shape index (κ3) is 4.91. The van der Waals surface area contributed by atoms with Gasteiger partial charge in [0.1, 0.15) is 0 Å². The highest BCUT2D eigenvalue weighted by molar-refractivity contribution is 7.99. The van der Waals surface area contributed by atoms with Gasteiger partial charge in [-0.25, -0.2) is 0 Å². The Kier molecular flexibility index (Phi) is 8.33. The Morgan fingerprint density at radius 3 is 2.50 bits per heavy atom. The Bertz CT molecular complexity index is 853.